The second-order valence-electron chi connectivity index (χ2n) is 4.81. The number of hydrogen-bond acceptors (Lipinski definition) is 8. The monoisotopic (exact) mass is 347 g/mol. The van der Waals surface area contributed by atoms with Crippen molar-refractivity contribution in [1.82, 2.24) is 19.5 Å². The van der Waals surface area contributed by atoms with E-state index in [0.29, 0.717) is 0 Å². The molecule has 2 aromatic heterocycles. The van der Waals surface area contributed by atoms with Gasteiger partial charge in [0.05, 0.1) is 26.1 Å². The Labute approximate surface area is 128 Å². The molecule has 13 heteroatoms. The summed E-state index contributed by atoms with van der Waals surface area (Å²) in [7, 11) is -4.59. The molecule has 2 atom stereocenters. The van der Waals surface area contributed by atoms with E-state index in [0.717, 1.165) is 0 Å². The smallest absolute Gasteiger partial charge is 0.374 e. The minimum atomic E-state index is -4.59. The summed E-state index contributed by atoms with van der Waals surface area (Å²) in [5.74, 6) is -0.0673. The maximum Gasteiger partial charge on any atom is 0.469 e. The summed E-state index contributed by atoms with van der Waals surface area (Å²) in [6.07, 6.45) is -0.0296. The molecule has 126 valence electrons. The number of anilines is 1. The number of rotatable bonds is 4. The highest BCUT2D eigenvalue weighted by atomic mass is 31.2. The lowest BCUT2D eigenvalue weighted by Gasteiger charge is -2.30. The maximum absolute atomic E-state index is 11.7. The van der Waals surface area contributed by atoms with Gasteiger partial charge in [-0.15, -0.1) is 0 Å². The fourth-order valence-electron chi connectivity index (χ4n) is 2.17. The Morgan fingerprint density at radius 2 is 2.30 bits per heavy atom. The number of phosphoric ester groups is 1. The van der Waals surface area contributed by atoms with Crippen LogP contribution in [0.25, 0.3) is 11.2 Å². The van der Waals surface area contributed by atoms with Crippen LogP contribution in [-0.4, -0.2) is 55.2 Å². The number of nitrogens with zero attached hydrogens (tertiary/aromatic N) is 3. The zero-order valence-corrected chi connectivity index (χ0v) is 12.5. The fourth-order valence-corrected chi connectivity index (χ4v) is 2.53. The van der Waals surface area contributed by atoms with Crippen molar-refractivity contribution in [3.8, 4) is 0 Å². The third kappa shape index (κ3) is 3.58. The minimum absolute atomic E-state index is 0.0673. The average Bonchev–Trinajstić information content (AvgIpc) is 2.89. The van der Waals surface area contributed by atoms with E-state index in [1.54, 1.807) is 0 Å². The van der Waals surface area contributed by atoms with Gasteiger partial charge in [-0.1, -0.05) is 0 Å². The first-order valence-corrected chi connectivity index (χ1v) is 8.02. The van der Waals surface area contributed by atoms with Crippen molar-refractivity contribution in [3.63, 3.8) is 0 Å². The largest absolute Gasteiger partial charge is 0.469 e. The standard InChI is InChI=1S/C10H14N5O7P/c11-10-13-8-7(9(16)14-10)12-4-15(8)6-3-20-1-5(22-6)2-21-23(17,18)19/h4-6H,1-3H2,(H2,17,18,19)(H3,11,13,14,16)/t5-,6?/m0/s1. The van der Waals surface area contributed by atoms with E-state index < -0.39 is 25.7 Å². The van der Waals surface area contributed by atoms with Crippen molar-refractivity contribution in [2.75, 3.05) is 25.6 Å². The summed E-state index contributed by atoms with van der Waals surface area (Å²) in [5.41, 5.74) is 5.35. The van der Waals surface area contributed by atoms with E-state index in [4.69, 9.17) is 25.0 Å². The normalized spacial score (nSPS) is 22.5. The second-order valence-corrected chi connectivity index (χ2v) is 6.05. The van der Waals surface area contributed by atoms with Crippen LogP contribution in [-0.2, 0) is 18.6 Å². The molecule has 3 rings (SSSR count). The third-order valence-electron chi connectivity index (χ3n) is 3.10. The predicted molar refractivity (Wildman–Crippen MR) is 75.3 cm³/mol. The molecule has 1 saturated heterocycles. The SMILES string of the molecule is Nc1nc2c(ncn2C2COC[C@@H](COP(=O)(O)O)O2)c(=O)[nH]1. The highest BCUT2D eigenvalue weighted by Crippen LogP contribution is 2.36. The molecule has 5 N–H and O–H groups in total. The number of aromatic amines is 1. The third-order valence-corrected chi connectivity index (χ3v) is 3.59. The summed E-state index contributed by atoms with van der Waals surface area (Å²) in [4.78, 5) is 39.5. The van der Waals surface area contributed by atoms with Gasteiger partial charge < -0.3 is 25.0 Å². The Hall–Kier alpha value is -1.82. The molecule has 0 radical (unpaired) electrons. The van der Waals surface area contributed by atoms with E-state index in [1.165, 1.54) is 10.9 Å². The van der Waals surface area contributed by atoms with Gasteiger partial charge in [0, 0.05) is 0 Å². The molecule has 23 heavy (non-hydrogen) atoms. The summed E-state index contributed by atoms with van der Waals surface area (Å²) in [6.45, 7) is -0.0882. The molecular weight excluding hydrogens is 333 g/mol. The highest BCUT2D eigenvalue weighted by molar-refractivity contribution is 7.46. The Balaban J connectivity index is 1.82. The second kappa shape index (κ2) is 6.00. The van der Waals surface area contributed by atoms with Crippen LogP contribution >= 0.6 is 7.82 Å². The quantitative estimate of drug-likeness (QED) is 0.488. The van der Waals surface area contributed by atoms with Crippen LogP contribution in [0, 0.1) is 0 Å². The molecule has 0 saturated carbocycles. The van der Waals surface area contributed by atoms with Crippen LogP contribution in [0.1, 0.15) is 6.23 Å². The molecule has 1 aliphatic heterocycles. The topological polar surface area (TPSA) is 175 Å². The molecule has 1 aliphatic rings. The number of imidazole rings is 1. The maximum atomic E-state index is 11.7. The van der Waals surface area contributed by atoms with Crippen LogP contribution in [0.4, 0.5) is 5.95 Å². The first-order chi connectivity index (χ1) is 10.8. The first kappa shape index (κ1) is 16.1. The zero-order chi connectivity index (χ0) is 16.6. The van der Waals surface area contributed by atoms with Crippen LogP contribution < -0.4 is 11.3 Å². The molecule has 0 aromatic carbocycles. The molecule has 12 nitrogen and oxygen atoms in total. The van der Waals surface area contributed by atoms with Crippen molar-refractivity contribution in [2.45, 2.75) is 12.3 Å². The van der Waals surface area contributed by atoms with Crippen molar-refractivity contribution >= 4 is 24.9 Å². The molecule has 1 fully saturated rings. The number of ether oxygens (including phenoxy) is 2. The van der Waals surface area contributed by atoms with Crippen molar-refractivity contribution in [2.24, 2.45) is 0 Å². The lowest BCUT2D eigenvalue weighted by molar-refractivity contribution is -0.176. The fraction of sp³-hybridized carbons (Fsp3) is 0.500. The van der Waals surface area contributed by atoms with E-state index in [9.17, 15) is 9.36 Å². The summed E-state index contributed by atoms with van der Waals surface area (Å²) in [6, 6.07) is 0. The molecule has 0 amide bonds. The summed E-state index contributed by atoms with van der Waals surface area (Å²) in [5, 5.41) is 0. The Morgan fingerprint density at radius 3 is 3.04 bits per heavy atom. The molecule has 3 heterocycles. The van der Waals surface area contributed by atoms with Crippen molar-refractivity contribution in [3.05, 3.63) is 16.7 Å². The lowest BCUT2D eigenvalue weighted by Crippen LogP contribution is -2.36. The molecule has 2 aromatic rings. The Morgan fingerprint density at radius 1 is 1.52 bits per heavy atom. The van der Waals surface area contributed by atoms with Gasteiger partial charge in [0.25, 0.3) is 5.56 Å². The average molecular weight is 347 g/mol. The number of H-pyrrole nitrogens is 1. The van der Waals surface area contributed by atoms with Gasteiger partial charge >= 0.3 is 7.82 Å². The van der Waals surface area contributed by atoms with E-state index in [1.807, 2.05) is 0 Å². The van der Waals surface area contributed by atoms with E-state index >= 15 is 0 Å². The minimum Gasteiger partial charge on any atom is -0.374 e. The summed E-state index contributed by atoms with van der Waals surface area (Å²) < 4.78 is 27.6. The number of phosphoric acid groups is 1. The molecule has 1 unspecified atom stereocenters. The first-order valence-electron chi connectivity index (χ1n) is 6.49. The van der Waals surface area contributed by atoms with E-state index in [2.05, 4.69) is 19.5 Å². The van der Waals surface area contributed by atoms with Gasteiger partial charge in [0.1, 0.15) is 6.10 Å². The van der Waals surface area contributed by atoms with E-state index in [-0.39, 0.29) is 36.9 Å². The van der Waals surface area contributed by atoms with Gasteiger partial charge in [-0.3, -0.25) is 18.9 Å². The molecule has 0 spiro atoms. The number of hydrogen-bond donors (Lipinski definition) is 4. The van der Waals surface area contributed by atoms with Crippen LogP contribution in [0.5, 0.6) is 0 Å². The van der Waals surface area contributed by atoms with Gasteiger partial charge in [0.2, 0.25) is 5.95 Å². The van der Waals surface area contributed by atoms with Gasteiger partial charge in [-0.25, -0.2) is 9.55 Å². The van der Waals surface area contributed by atoms with Gasteiger partial charge in [-0.2, -0.15) is 4.98 Å². The van der Waals surface area contributed by atoms with Crippen LogP contribution in [0.15, 0.2) is 11.1 Å². The Kier molecular flexibility index (Phi) is 4.19. The summed E-state index contributed by atoms with van der Waals surface area (Å²) >= 11 is 0. The zero-order valence-electron chi connectivity index (χ0n) is 11.7. The lowest BCUT2D eigenvalue weighted by atomic mass is 10.3. The number of nitrogens with one attached hydrogen (secondary N) is 1. The number of fused-ring (bicyclic) bond motifs is 1. The van der Waals surface area contributed by atoms with Crippen molar-refractivity contribution in [1.29, 1.82) is 0 Å². The molecular formula is C10H14N5O7P. The van der Waals surface area contributed by atoms with Crippen LogP contribution in [0.3, 0.4) is 0 Å². The molecule has 0 bridgehead atoms. The van der Waals surface area contributed by atoms with Crippen LogP contribution in [0.2, 0.25) is 0 Å². The van der Waals surface area contributed by atoms with Gasteiger partial charge in [0.15, 0.2) is 17.4 Å². The highest BCUT2D eigenvalue weighted by Gasteiger charge is 2.28. The van der Waals surface area contributed by atoms with Gasteiger partial charge in [-0.05, 0) is 0 Å². The number of nitrogens with two attached hydrogens (primary N) is 1. The number of nitrogen functional groups attached to an aromatic ring is 1. The number of aromatic nitrogens is 4. The van der Waals surface area contributed by atoms with Crippen molar-refractivity contribution < 1.29 is 28.3 Å². The predicted octanol–water partition coefficient (Wildman–Crippen LogP) is -1.27. The molecule has 0 aliphatic carbocycles. The Bertz CT molecular complexity index is 814.